The Balaban J connectivity index is 2.10. The number of carbonyl (C=O) groups excluding carboxylic acids is 2. The zero-order valence-electron chi connectivity index (χ0n) is 12.9. The van der Waals surface area contributed by atoms with Gasteiger partial charge >= 0.3 is 0 Å². The fourth-order valence-corrected chi connectivity index (χ4v) is 3.05. The summed E-state index contributed by atoms with van der Waals surface area (Å²) in [6.07, 6.45) is 4.29. The van der Waals surface area contributed by atoms with Crippen molar-refractivity contribution in [1.29, 1.82) is 0 Å². The third kappa shape index (κ3) is 2.61. The standard InChI is InChI=1S/C17H20O5/c1-10(18)12-7-15-16(14(19)8-21-15)17(22-9-20-2)13(12)6-11-4-3-5-11/h7,11H,3-6,8-9H2,1-2H3. The van der Waals surface area contributed by atoms with Gasteiger partial charge in [-0.3, -0.25) is 9.59 Å². The predicted octanol–water partition coefficient (Wildman–Crippen LogP) is 2.79. The molecule has 0 spiro atoms. The highest BCUT2D eigenvalue weighted by Crippen LogP contribution is 2.42. The van der Waals surface area contributed by atoms with Gasteiger partial charge in [0.15, 0.2) is 19.2 Å². The second-order valence-electron chi connectivity index (χ2n) is 5.92. The van der Waals surface area contributed by atoms with Gasteiger partial charge in [-0.25, -0.2) is 0 Å². The summed E-state index contributed by atoms with van der Waals surface area (Å²) in [6.45, 7) is 1.57. The number of ketones is 2. The van der Waals surface area contributed by atoms with Gasteiger partial charge in [0.25, 0.3) is 0 Å². The summed E-state index contributed by atoms with van der Waals surface area (Å²) in [7, 11) is 1.53. The van der Waals surface area contributed by atoms with Crippen molar-refractivity contribution in [2.45, 2.75) is 32.6 Å². The van der Waals surface area contributed by atoms with E-state index in [-0.39, 0.29) is 25.0 Å². The molecule has 0 bridgehead atoms. The lowest BCUT2D eigenvalue weighted by Crippen LogP contribution is -2.18. The number of Topliss-reactive ketones (excluding diaryl/α,β-unsaturated/α-hetero) is 2. The Bertz CT molecular complexity index is 616. The highest BCUT2D eigenvalue weighted by molar-refractivity contribution is 6.07. The predicted molar refractivity (Wildman–Crippen MR) is 79.8 cm³/mol. The minimum absolute atomic E-state index is 0.00288. The van der Waals surface area contributed by atoms with Crippen LogP contribution >= 0.6 is 0 Å². The average Bonchev–Trinajstić information content (AvgIpc) is 2.81. The first kappa shape index (κ1) is 15.0. The number of benzene rings is 1. The summed E-state index contributed by atoms with van der Waals surface area (Å²) in [5.41, 5.74) is 1.87. The van der Waals surface area contributed by atoms with Gasteiger partial charge in [0.2, 0.25) is 5.78 Å². The molecule has 2 aliphatic rings. The van der Waals surface area contributed by atoms with Crippen LogP contribution in [0.1, 0.15) is 52.5 Å². The summed E-state index contributed by atoms with van der Waals surface area (Å²) in [5, 5.41) is 0. The lowest BCUT2D eigenvalue weighted by Gasteiger charge is -2.27. The van der Waals surface area contributed by atoms with Gasteiger partial charge in [-0.2, -0.15) is 0 Å². The Morgan fingerprint density at radius 1 is 1.41 bits per heavy atom. The van der Waals surface area contributed by atoms with Gasteiger partial charge in [-0.15, -0.1) is 0 Å². The zero-order chi connectivity index (χ0) is 15.7. The van der Waals surface area contributed by atoms with Crippen LogP contribution in [0.2, 0.25) is 0 Å². The summed E-state index contributed by atoms with van der Waals surface area (Å²) in [4.78, 5) is 24.2. The molecule has 0 amide bonds. The maximum Gasteiger partial charge on any atom is 0.207 e. The molecule has 22 heavy (non-hydrogen) atoms. The van der Waals surface area contributed by atoms with Crippen LogP contribution in [0.4, 0.5) is 0 Å². The number of hydrogen-bond acceptors (Lipinski definition) is 5. The largest absolute Gasteiger partial charge is 0.485 e. The molecule has 1 aliphatic heterocycles. The van der Waals surface area contributed by atoms with Crippen LogP contribution in [0.5, 0.6) is 11.5 Å². The van der Waals surface area contributed by atoms with Crippen LogP contribution in [-0.4, -0.2) is 32.1 Å². The summed E-state index contributed by atoms with van der Waals surface area (Å²) >= 11 is 0. The molecule has 1 aromatic carbocycles. The quantitative estimate of drug-likeness (QED) is 0.597. The summed E-state index contributed by atoms with van der Waals surface area (Å²) in [6, 6.07) is 1.69. The Morgan fingerprint density at radius 2 is 2.18 bits per heavy atom. The van der Waals surface area contributed by atoms with Gasteiger partial charge in [0.1, 0.15) is 17.1 Å². The first-order valence-electron chi connectivity index (χ1n) is 7.60. The van der Waals surface area contributed by atoms with E-state index < -0.39 is 0 Å². The number of carbonyl (C=O) groups is 2. The van der Waals surface area contributed by atoms with E-state index in [1.165, 1.54) is 20.5 Å². The molecule has 1 aliphatic carbocycles. The maximum atomic E-state index is 12.1. The lowest BCUT2D eigenvalue weighted by molar-refractivity contribution is 0.0492. The molecule has 1 saturated carbocycles. The van der Waals surface area contributed by atoms with Gasteiger partial charge in [-0.1, -0.05) is 19.3 Å². The molecule has 0 aromatic heterocycles. The third-order valence-corrected chi connectivity index (χ3v) is 4.40. The van der Waals surface area contributed by atoms with Crippen molar-refractivity contribution in [2.75, 3.05) is 20.5 Å². The molecule has 5 heteroatoms. The molecule has 0 unspecified atom stereocenters. The van der Waals surface area contributed by atoms with Gasteiger partial charge in [0.05, 0.1) is 0 Å². The average molecular weight is 304 g/mol. The molecular weight excluding hydrogens is 284 g/mol. The van der Waals surface area contributed by atoms with Crippen LogP contribution in [0.3, 0.4) is 0 Å². The smallest absolute Gasteiger partial charge is 0.207 e. The van der Waals surface area contributed by atoms with E-state index in [1.807, 2.05) is 0 Å². The highest BCUT2D eigenvalue weighted by Gasteiger charge is 2.32. The van der Waals surface area contributed by atoms with Gasteiger partial charge in [-0.05, 0) is 25.3 Å². The second kappa shape index (κ2) is 6.08. The molecule has 1 fully saturated rings. The summed E-state index contributed by atoms with van der Waals surface area (Å²) in [5.74, 6) is 1.32. The van der Waals surface area contributed by atoms with Gasteiger partial charge < -0.3 is 14.2 Å². The lowest BCUT2D eigenvalue weighted by atomic mass is 9.79. The highest BCUT2D eigenvalue weighted by atomic mass is 16.7. The monoisotopic (exact) mass is 304 g/mol. The number of methoxy groups -OCH3 is 1. The number of rotatable bonds is 6. The Labute approximate surface area is 129 Å². The normalized spacial score (nSPS) is 16.9. The number of hydrogen-bond donors (Lipinski definition) is 0. The van der Waals surface area contributed by atoms with E-state index in [0.29, 0.717) is 28.5 Å². The number of fused-ring (bicyclic) bond motifs is 1. The van der Waals surface area contributed by atoms with Crippen LogP contribution < -0.4 is 9.47 Å². The van der Waals surface area contributed by atoms with Crippen molar-refractivity contribution in [3.8, 4) is 11.5 Å². The molecular formula is C17H20O5. The van der Waals surface area contributed by atoms with Crippen LogP contribution in [0, 0.1) is 5.92 Å². The van der Waals surface area contributed by atoms with E-state index in [9.17, 15) is 9.59 Å². The molecule has 1 aromatic rings. The molecule has 1 heterocycles. The van der Waals surface area contributed by atoms with E-state index in [2.05, 4.69) is 0 Å². The molecule has 118 valence electrons. The minimum Gasteiger partial charge on any atom is -0.485 e. The maximum absolute atomic E-state index is 12.1. The van der Waals surface area contributed by atoms with E-state index in [1.54, 1.807) is 6.07 Å². The minimum atomic E-state index is -0.105. The van der Waals surface area contributed by atoms with E-state index in [0.717, 1.165) is 24.8 Å². The summed E-state index contributed by atoms with van der Waals surface area (Å²) < 4.78 is 16.1. The van der Waals surface area contributed by atoms with Crippen molar-refractivity contribution in [1.82, 2.24) is 0 Å². The van der Waals surface area contributed by atoms with Crippen molar-refractivity contribution in [2.24, 2.45) is 5.92 Å². The van der Waals surface area contributed by atoms with Crippen LogP contribution in [0.15, 0.2) is 6.07 Å². The van der Waals surface area contributed by atoms with Crippen LogP contribution in [0.25, 0.3) is 0 Å². The Kier molecular flexibility index (Phi) is 4.16. The van der Waals surface area contributed by atoms with Crippen molar-refractivity contribution < 1.29 is 23.8 Å². The fraction of sp³-hybridized carbons (Fsp3) is 0.529. The molecule has 0 saturated heterocycles. The Morgan fingerprint density at radius 3 is 2.77 bits per heavy atom. The molecule has 5 nitrogen and oxygen atoms in total. The SMILES string of the molecule is COCOc1c(CC2CCC2)c(C(C)=O)cc2c1C(=O)CO2. The van der Waals surface area contributed by atoms with Crippen molar-refractivity contribution in [3.05, 3.63) is 22.8 Å². The van der Waals surface area contributed by atoms with Crippen molar-refractivity contribution >= 4 is 11.6 Å². The molecule has 0 radical (unpaired) electrons. The first-order chi connectivity index (χ1) is 10.6. The van der Waals surface area contributed by atoms with E-state index >= 15 is 0 Å². The fourth-order valence-electron chi connectivity index (χ4n) is 3.05. The van der Waals surface area contributed by atoms with E-state index in [4.69, 9.17) is 14.2 Å². The second-order valence-corrected chi connectivity index (χ2v) is 5.92. The topological polar surface area (TPSA) is 61.8 Å². The molecule has 0 N–H and O–H groups in total. The Hall–Kier alpha value is -1.88. The zero-order valence-corrected chi connectivity index (χ0v) is 12.9. The molecule has 0 atom stereocenters. The molecule has 3 rings (SSSR count). The van der Waals surface area contributed by atoms with Crippen LogP contribution in [-0.2, 0) is 11.2 Å². The third-order valence-electron chi connectivity index (χ3n) is 4.40. The van der Waals surface area contributed by atoms with Crippen molar-refractivity contribution in [3.63, 3.8) is 0 Å². The van der Waals surface area contributed by atoms with Gasteiger partial charge in [0, 0.05) is 18.2 Å². The number of ether oxygens (including phenoxy) is 3. The first-order valence-corrected chi connectivity index (χ1v) is 7.60.